The smallest absolute Gasteiger partial charge is 0.328 e. The van der Waals surface area contributed by atoms with Crippen LogP contribution in [0.1, 0.15) is 42.2 Å². The van der Waals surface area contributed by atoms with Gasteiger partial charge in [0.2, 0.25) is 0 Å². The molecule has 0 bridgehead atoms. The number of fused-ring (bicyclic) bond motifs is 1. The minimum absolute atomic E-state index is 0.133. The number of unbranched alkanes of at least 4 members (excludes halogenated alkanes) is 2. The molecule has 9 heteroatoms. The molecule has 0 fully saturated rings. The third kappa shape index (κ3) is 6.72. The lowest BCUT2D eigenvalue weighted by atomic mass is 10.2. The Morgan fingerprint density at radius 1 is 0.842 bits per heavy atom. The minimum Gasteiger partial charge on any atom is -0.494 e. The highest BCUT2D eigenvalue weighted by molar-refractivity contribution is 6.42. The number of benzene rings is 3. The predicted octanol–water partition coefficient (Wildman–Crippen LogP) is 6.13. The van der Waals surface area contributed by atoms with Crippen molar-refractivity contribution in [3.8, 4) is 5.75 Å². The number of carbonyl (C=O) groups is 3. The molecule has 3 amide bonds. The largest absolute Gasteiger partial charge is 0.494 e. The van der Waals surface area contributed by atoms with Crippen LogP contribution in [-0.2, 0) is 9.59 Å². The maximum Gasteiger partial charge on any atom is 0.328 e. The predicted molar refractivity (Wildman–Crippen MR) is 151 cm³/mol. The van der Waals surface area contributed by atoms with E-state index >= 15 is 0 Å². The molecule has 0 aliphatic carbocycles. The number of carbonyl (C=O) groups excluding carboxylic acids is 3. The third-order valence-corrected chi connectivity index (χ3v) is 6.09. The molecule has 0 saturated carbocycles. The molecule has 3 N–H and O–H groups in total. The van der Waals surface area contributed by atoms with E-state index in [1.54, 1.807) is 60.7 Å². The number of hydrogen-bond acceptors (Lipinski definition) is 4. The summed E-state index contributed by atoms with van der Waals surface area (Å²) in [6, 6.07) is 20.7. The quantitative estimate of drug-likeness (QED) is 0.178. The van der Waals surface area contributed by atoms with Gasteiger partial charge in [0.05, 0.1) is 12.1 Å². The Kier molecular flexibility index (Phi) is 8.66. The average Bonchev–Trinajstić information content (AvgIpc) is 3.26. The first kappa shape index (κ1) is 26.8. The number of anilines is 2. The number of nitrogens with one attached hydrogen (secondary N) is 3. The second-order valence-electron chi connectivity index (χ2n) is 8.86. The van der Waals surface area contributed by atoms with Crippen LogP contribution < -0.4 is 20.8 Å². The number of aromatic nitrogens is 1. The van der Waals surface area contributed by atoms with Gasteiger partial charge in [-0.25, -0.2) is 4.68 Å². The number of hydrogen-bond donors (Lipinski definition) is 3. The van der Waals surface area contributed by atoms with Gasteiger partial charge in [-0.2, -0.15) is 0 Å². The van der Waals surface area contributed by atoms with Crippen LogP contribution in [0.25, 0.3) is 10.9 Å². The van der Waals surface area contributed by atoms with Gasteiger partial charge in [0.25, 0.3) is 5.91 Å². The summed E-state index contributed by atoms with van der Waals surface area (Å²) < 4.78 is 6.96. The average molecular weight is 533 g/mol. The molecule has 0 aliphatic rings. The maximum absolute atomic E-state index is 13.1. The lowest BCUT2D eigenvalue weighted by Gasteiger charge is -2.13. The summed E-state index contributed by atoms with van der Waals surface area (Å²) in [5.41, 5.74) is 5.27. The Balaban J connectivity index is 1.48. The Labute approximate surface area is 225 Å². The van der Waals surface area contributed by atoms with Gasteiger partial charge in [-0.1, -0.05) is 49.1 Å². The number of rotatable bonds is 9. The second-order valence-corrected chi connectivity index (χ2v) is 9.30. The van der Waals surface area contributed by atoms with E-state index in [1.165, 1.54) is 4.68 Å². The number of aryl methyl sites for hydroxylation is 1. The van der Waals surface area contributed by atoms with Crippen LogP contribution in [0.3, 0.4) is 0 Å². The number of halogens is 1. The van der Waals surface area contributed by atoms with E-state index in [9.17, 15) is 14.4 Å². The van der Waals surface area contributed by atoms with Gasteiger partial charge in [0.1, 0.15) is 11.4 Å². The summed E-state index contributed by atoms with van der Waals surface area (Å²) in [6.45, 7) is 4.70. The van der Waals surface area contributed by atoms with Crippen molar-refractivity contribution in [2.24, 2.45) is 0 Å². The van der Waals surface area contributed by atoms with E-state index < -0.39 is 17.7 Å². The fourth-order valence-electron chi connectivity index (χ4n) is 3.82. The van der Waals surface area contributed by atoms with E-state index in [4.69, 9.17) is 16.3 Å². The van der Waals surface area contributed by atoms with Gasteiger partial charge in [0.15, 0.2) is 0 Å². The highest BCUT2D eigenvalue weighted by atomic mass is 35.5. The summed E-state index contributed by atoms with van der Waals surface area (Å²) in [5.74, 6) is -1.61. The standard InChI is InChI=1S/C29H29ClN4O4/c1-3-4-5-16-38-24-13-11-23(12-14-24)32-28(36)29(37)33-34-25-15-8-21(30)17-20(25)18-26(34)27(35)31-22-9-6-19(2)7-10-22/h6-15,17-18H,3-5,16H2,1-2H3,(H,31,35)(H,32,36)(H,33,37). The van der Waals surface area contributed by atoms with Gasteiger partial charge in [-0.05, 0) is 74.0 Å². The molecule has 196 valence electrons. The van der Waals surface area contributed by atoms with Gasteiger partial charge in [-0.3, -0.25) is 19.8 Å². The van der Waals surface area contributed by atoms with Crippen LogP contribution >= 0.6 is 11.6 Å². The van der Waals surface area contributed by atoms with Crippen molar-refractivity contribution < 1.29 is 19.1 Å². The molecule has 0 radical (unpaired) electrons. The molecule has 0 spiro atoms. The Bertz CT molecular complexity index is 1450. The molecule has 0 unspecified atom stereocenters. The molecule has 3 aromatic carbocycles. The zero-order chi connectivity index (χ0) is 27.1. The first-order valence-electron chi connectivity index (χ1n) is 12.4. The van der Waals surface area contributed by atoms with Crippen molar-refractivity contribution in [3.63, 3.8) is 0 Å². The SMILES string of the molecule is CCCCCOc1ccc(NC(=O)C(=O)Nn2c(C(=O)Nc3ccc(C)cc3)cc3cc(Cl)ccc32)cc1. The van der Waals surface area contributed by atoms with Crippen molar-refractivity contribution in [2.75, 3.05) is 22.7 Å². The molecular weight excluding hydrogens is 504 g/mol. The summed E-state index contributed by atoms with van der Waals surface area (Å²) in [7, 11) is 0. The zero-order valence-corrected chi connectivity index (χ0v) is 22.0. The number of ether oxygens (including phenoxy) is 1. The molecule has 38 heavy (non-hydrogen) atoms. The minimum atomic E-state index is -0.943. The van der Waals surface area contributed by atoms with Crippen LogP contribution in [-0.4, -0.2) is 29.0 Å². The van der Waals surface area contributed by atoms with Crippen LogP contribution in [0, 0.1) is 6.92 Å². The summed E-state index contributed by atoms with van der Waals surface area (Å²) in [4.78, 5) is 38.6. The first-order chi connectivity index (χ1) is 18.3. The van der Waals surface area contributed by atoms with Crippen molar-refractivity contribution >= 4 is 51.6 Å². The summed E-state index contributed by atoms with van der Waals surface area (Å²) in [5, 5.41) is 6.48. The lowest BCUT2D eigenvalue weighted by Crippen LogP contribution is -2.36. The lowest BCUT2D eigenvalue weighted by molar-refractivity contribution is -0.133. The Morgan fingerprint density at radius 3 is 2.24 bits per heavy atom. The van der Waals surface area contributed by atoms with Crippen molar-refractivity contribution in [2.45, 2.75) is 33.1 Å². The molecular formula is C29H29ClN4O4. The molecule has 4 aromatic rings. The van der Waals surface area contributed by atoms with Crippen molar-refractivity contribution in [1.29, 1.82) is 0 Å². The van der Waals surface area contributed by atoms with Crippen molar-refractivity contribution in [1.82, 2.24) is 4.68 Å². The molecule has 0 saturated heterocycles. The molecule has 0 atom stereocenters. The fraction of sp³-hybridized carbons (Fsp3) is 0.207. The van der Waals surface area contributed by atoms with Gasteiger partial charge in [-0.15, -0.1) is 0 Å². The van der Waals surface area contributed by atoms with E-state index in [0.29, 0.717) is 39.7 Å². The van der Waals surface area contributed by atoms with E-state index in [-0.39, 0.29) is 5.69 Å². The molecule has 0 aliphatic heterocycles. The van der Waals surface area contributed by atoms with E-state index in [0.717, 1.165) is 24.8 Å². The van der Waals surface area contributed by atoms with Crippen LogP contribution in [0.5, 0.6) is 5.75 Å². The third-order valence-electron chi connectivity index (χ3n) is 5.85. The topological polar surface area (TPSA) is 101 Å². The number of amides is 3. The Hall–Kier alpha value is -4.30. The number of nitrogens with zero attached hydrogens (tertiary/aromatic N) is 1. The fourth-order valence-corrected chi connectivity index (χ4v) is 4.00. The van der Waals surface area contributed by atoms with Gasteiger partial charge < -0.3 is 15.4 Å². The maximum atomic E-state index is 13.1. The highest BCUT2D eigenvalue weighted by Crippen LogP contribution is 2.24. The molecule has 1 aromatic heterocycles. The van der Waals surface area contributed by atoms with E-state index in [2.05, 4.69) is 23.0 Å². The Morgan fingerprint density at radius 2 is 1.53 bits per heavy atom. The van der Waals surface area contributed by atoms with Crippen LogP contribution in [0.4, 0.5) is 11.4 Å². The van der Waals surface area contributed by atoms with Gasteiger partial charge >= 0.3 is 11.8 Å². The van der Waals surface area contributed by atoms with Gasteiger partial charge in [0, 0.05) is 21.8 Å². The summed E-state index contributed by atoms with van der Waals surface area (Å²) in [6.07, 6.45) is 3.19. The molecule has 4 rings (SSSR count). The monoisotopic (exact) mass is 532 g/mol. The zero-order valence-electron chi connectivity index (χ0n) is 21.2. The second kappa shape index (κ2) is 12.3. The van der Waals surface area contributed by atoms with Crippen molar-refractivity contribution in [3.05, 3.63) is 89.1 Å². The summed E-state index contributed by atoms with van der Waals surface area (Å²) >= 11 is 6.13. The van der Waals surface area contributed by atoms with Crippen LogP contribution in [0.2, 0.25) is 5.02 Å². The highest BCUT2D eigenvalue weighted by Gasteiger charge is 2.21. The molecule has 8 nitrogen and oxygen atoms in total. The normalized spacial score (nSPS) is 10.7. The van der Waals surface area contributed by atoms with E-state index in [1.807, 2.05) is 19.1 Å². The first-order valence-corrected chi connectivity index (χ1v) is 12.8. The van der Waals surface area contributed by atoms with Crippen LogP contribution in [0.15, 0.2) is 72.8 Å². The molecule has 1 heterocycles.